The lowest BCUT2D eigenvalue weighted by atomic mass is 10.1. The molecular weight excluding hydrogens is 243 g/mol. The summed E-state index contributed by atoms with van der Waals surface area (Å²) >= 11 is 0. The van der Waals surface area contributed by atoms with Gasteiger partial charge in [0, 0.05) is 24.2 Å². The van der Waals surface area contributed by atoms with Crippen LogP contribution in [-0.2, 0) is 4.79 Å². The van der Waals surface area contributed by atoms with Crippen LogP contribution in [0.1, 0.15) is 18.4 Å². The number of nitrogens with one attached hydrogen (secondary N) is 2. The van der Waals surface area contributed by atoms with Crippen LogP contribution in [0.4, 0.5) is 4.39 Å². The van der Waals surface area contributed by atoms with Crippen LogP contribution in [0.15, 0.2) is 41.2 Å². The Kier molecular flexibility index (Phi) is 3.07. The molecule has 0 atom stereocenters. The molecule has 98 valence electrons. The quantitative estimate of drug-likeness (QED) is 0.757. The zero-order chi connectivity index (χ0) is 13.2. The first-order valence-electron chi connectivity index (χ1n) is 6.46. The van der Waals surface area contributed by atoms with E-state index in [1.54, 1.807) is 12.1 Å². The molecule has 0 amide bonds. The van der Waals surface area contributed by atoms with Crippen LogP contribution in [0.2, 0.25) is 0 Å². The first-order chi connectivity index (χ1) is 9.24. The van der Waals surface area contributed by atoms with Crippen LogP contribution in [0.25, 0.3) is 6.08 Å². The van der Waals surface area contributed by atoms with Gasteiger partial charge < -0.3 is 10.6 Å². The van der Waals surface area contributed by atoms with Crippen molar-refractivity contribution in [3.05, 3.63) is 52.6 Å². The highest BCUT2D eigenvalue weighted by Gasteiger charge is 2.27. The van der Waals surface area contributed by atoms with Gasteiger partial charge in [-0.15, -0.1) is 0 Å². The Labute approximate surface area is 111 Å². The first-order valence-corrected chi connectivity index (χ1v) is 6.46. The summed E-state index contributed by atoms with van der Waals surface area (Å²) in [7, 11) is 0. The summed E-state index contributed by atoms with van der Waals surface area (Å²) < 4.78 is 12.8. The Bertz CT molecular complexity index is 564. The number of ketones is 1. The summed E-state index contributed by atoms with van der Waals surface area (Å²) in [6, 6.07) is 6.19. The molecule has 3 rings (SSSR count). The van der Waals surface area contributed by atoms with Crippen molar-refractivity contribution in [2.75, 3.05) is 13.1 Å². The molecule has 0 bridgehead atoms. The molecule has 2 fully saturated rings. The van der Waals surface area contributed by atoms with E-state index in [9.17, 15) is 9.18 Å². The fourth-order valence-electron chi connectivity index (χ4n) is 2.47. The van der Waals surface area contributed by atoms with E-state index < -0.39 is 0 Å². The fraction of sp³-hybridized carbons (Fsp3) is 0.267. The highest BCUT2D eigenvalue weighted by atomic mass is 19.1. The fourth-order valence-corrected chi connectivity index (χ4v) is 2.47. The number of allylic oxidation sites excluding steroid dienone is 2. The molecule has 1 aliphatic carbocycles. The van der Waals surface area contributed by atoms with E-state index in [0.717, 1.165) is 48.5 Å². The van der Waals surface area contributed by atoms with Gasteiger partial charge in [0.1, 0.15) is 11.6 Å². The monoisotopic (exact) mass is 258 g/mol. The first kappa shape index (κ1) is 12.0. The van der Waals surface area contributed by atoms with Crippen molar-refractivity contribution in [1.29, 1.82) is 0 Å². The molecule has 1 saturated heterocycles. The SMILES string of the molecule is O=C1C(=C2NCCN2)CC/C1=C\c1ccc(F)cc1. The number of rotatable bonds is 1. The van der Waals surface area contributed by atoms with Crippen molar-refractivity contribution in [1.82, 2.24) is 10.6 Å². The lowest BCUT2D eigenvalue weighted by molar-refractivity contribution is -0.111. The van der Waals surface area contributed by atoms with Gasteiger partial charge >= 0.3 is 0 Å². The maximum absolute atomic E-state index is 12.8. The maximum atomic E-state index is 12.8. The van der Waals surface area contributed by atoms with Gasteiger partial charge in [-0.25, -0.2) is 4.39 Å². The summed E-state index contributed by atoms with van der Waals surface area (Å²) in [6.07, 6.45) is 3.36. The minimum absolute atomic E-state index is 0.0984. The zero-order valence-electron chi connectivity index (χ0n) is 10.5. The molecule has 1 aliphatic heterocycles. The van der Waals surface area contributed by atoms with Crippen LogP contribution >= 0.6 is 0 Å². The molecule has 1 saturated carbocycles. The molecule has 1 heterocycles. The molecule has 2 N–H and O–H groups in total. The average molecular weight is 258 g/mol. The van der Waals surface area contributed by atoms with Crippen molar-refractivity contribution in [3.63, 3.8) is 0 Å². The minimum Gasteiger partial charge on any atom is -0.370 e. The number of carbonyl (C=O) groups excluding carboxylic acids is 1. The average Bonchev–Trinajstić information content (AvgIpc) is 3.03. The van der Waals surface area contributed by atoms with E-state index in [4.69, 9.17) is 0 Å². The van der Waals surface area contributed by atoms with Gasteiger partial charge in [0.2, 0.25) is 0 Å². The Balaban J connectivity index is 1.85. The van der Waals surface area contributed by atoms with E-state index in [2.05, 4.69) is 10.6 Å². The molecular formula is C15H15FN2O. The van der Waals surface area contributed by atoms with E-state index in [1.165, 1.54) is 12.1 Å². The summed E-state index contributed by atoms with van der Waals surface area (Å²) in [6.45, 7) is 1.73. The number of carbonyl (C=O) groups is 1. The van der Waals surface area contributed by atoms with Crippen molar-refractivity contribution in [3.8, 4) is 0 Å². The van der Waals surface area contributed by atoms with Crippen LogP contribution in [0.5, 0.6) is 0 Å². The number of hydrogen-bond donors (Lipinski definition) is 2. The van der Waals surface area contributed by atoms with E-state index in [1.807, 2.05) is 6.08 Å². The minimum atomic E-state index is -0.262. The van der Waals surface area contributed by atoms with Crippen LogP contribution in [-0.4, -0.2) is 18.9 Å². The third-order valence-corrected chi connectivity index (χ3v) is 3.45. The Morgan fingerprint density at radius 3 is 2.42 bits per heavy atom. The number of benzene rings is 1. The molecule has 1 aromatic carbocycles. The van der Waals surface area contributed by atoms with Crippen molar-refractivity contribution in [2.45, 2.75) is 12.8 Å². The van der Waals surface area contributed by atoms with Gasteiger partial charge in [0.05, 0.1) is 0 Å². The maximum Gasteiger partial charge on any atom is 0.188 e. The molecule has 0 unspecified atom stereocenters. The van der Waals surface area contributed by atoms with Gasteiger partial charge in [-0.05, 0) is 36.6 Å². The Morgan fingerprint density at radius 2 is 1.74 bits per heavy atom. The summed E-state index contributed by atoms with van der Waals surface area (Å²) in [4.78, 5) is 12.3. The third-order valence-electron chi connectivity index (χ3n) is 3.45. The van der Waals surface area contributed by atoms with Crippen molar-refractivity contribution >= 4 is 11.9 Å². The van der Waals surface area contributed by atoms with Crippen LogP contribution in [0.3, 0.4) is 0 Å². The molecule has 4 heteroatoms. The topological polar surface area (TPSA) is 41.1 Å². The highest BCUT2D eigenvalue weighted by molar-refractivity contribution is 6.13. The molecule has 3 nitrogen and oxygen atoms in total. The molecule has 0 spiro atoms. The predicted octanol–water partition coefficient (Wildman–Crippen LogP) is 1.98. The van der Waals surface area contributed by atoms with E-state index in [-0.39, 0.29) is 11.6 Å². The normalized spacial score (nSPS) is 20.9. The van der Waals surface area contributed by atoms with Gasteiger partial charge in [0.25, 0.3) is 0 Å². The Hall–Kier alpha value is -2.10. The molecule has 2 aliphatic rings. The molecule has 0 radical (unpaired) electrons. The lowest BCUT2D eigenvalue weighted by Crippen LogP contribution is -2.15. The summed E-state index contributed by atoms with van der Waals surface area (Å²) in [5, 5.41) is 6.38. The van der Waals surface area contributed by atoms with E-state index >= 15 is 0 Å². The van der Waals surface area contributed by atoms with E-state index in [0.29, 0.717) is 0 Å². The number of hydrogen-bond acceptors (Lipinski definition) is 3. The zero-order valence-corrected chi connectivity index (χ0v) is 10.5. The second kappa shape index (κ2) is 4.88. The standard InChI is InChI=1S/C15H15FN2O/c16-12-4-1-10(2-5-12)9-11-3-6-13(14(11)19)15-17-7-8-18-15/h1-2,4-5,9,17-18H,3,6-8H2/b11-9+. The van der Waals surface area contributed by atoms with Gasteiger partial charge in [-0.1, -0.05) is 12.1 Å². The smallest absolute Gasteiger partial charge is 0.188 e. The molecule has 0 aromatic heterocycles. The Morgan fingerprint density at radius 1 is 1.05 bits per heavy atom. The molecule has 19 heavy (non-hydrogen) atoms. The second-order valence-electron chi connectivity index (χ2n) is 4.76. The number of halogens is 1. The predicted molar refractivity (Wildman–Crippen MR) is 71.6 cm³/mol. The van der Waals surface area contributed by atoms with Gasteiger partial charge in [-0.2, -0.15) is 0 Å². The summed E-state index contributed by atoms with van der Waals surface area (Å²) in [5.41, 5.74) is 2.50. The lowest BCUT2D eigenvalue weighted by Gasteiger charge is -2.03. The van der Waals surface area contributed by atoms with Crippen molar-refractivity contribution < 1.29 is 9.18 Å². The third kappa shape index (κ3) is 2.38. The number of Topliss-reactive ketones (excluding diaryl/α,β-unsaturated/α-hetero) is 1. The second-order valence-corrected chi connectivity index (χ2v) is 4.76. The van der Waals surface area contributed by atoms with Gasteiger partial charge in [-0.3, -0.25) is 4.79 Å². The van der Waals surface area contributed by atoms with Crippen molar-refractivity contribution in [2.24, 2.45) is 0 Å². The van der Waals surface area contributed by atoms with Crippen LogP contribution < -0.4 is 10.6 Å². The highest BCUT2D eigenvalue weighted by Crippen LogP contribution is 2.29. The van der Waals surface area contributed by atoms with Crippen LogP contribution in [0, 0.1) is 5.82 Å². The summed E-state index contributed by atoms with van der Waals surface area (Å²) in [5.74, 6) is 0.718. The van der Waals surface area contributed by atoms with Gasteiger partial charge in [0.15, 0.2) is 5.78 Å². The molecule has 1 aromatic rings. The largest absolute Gasteiger partial charge is 0.370 e.